The van der Waals surface area contributed by atoms with Crippen LogP contribution in [0.25, 0.3) is 0 Å². The second-order valence-corrected chi connectivity index (χ2v) is 8.68. The normalized spacial score (nSPS) is 19.7. The first-order valence-corrected chi connectivity index (χ1v) is 11.3. The van der Waals surface area contributed by atoms with Gasteiger partial charge in [-0.1, -0.05) is 37.5 Å². The number of para-hydroxylation sites is 1. The van der Waals surface area contributed by atoms with Gasteiger partial charge in [0.1, 0.15) is 0 Å². The molecule has 3 N–H and O–H groups in total. The van der Waals surface area contributed by atoms with Crippen LogP contribution in [0, 0.1) is 5.92 Å². The van der Waals surface area contributed by atoms with Crippen LogP contribution in [0.2, 0.25) is 0 Å². The van der Waals surface area contributed by atoms with Gasteiger partial charge in [-0.15, -0.1) is 0 Å². The molecule has 0 atom stereocenters. The number of piperazine rings is 1. The summed E-state index contributed by atoms with van der Waals surface area (Å²) in [6.45, 7) is 6.32. The fourth-order valence-corrected chi connectivity index (χ4v) is 5.03. The molecule has 1 aliphatic carbocycles. The number of hydrogen-bond donors (Lipinski definition) is 3. The summed E-state index contributed by atoms with van der Waals surface area (Å²) in [5, 5.41) is 10.8. The van der Waals surface area contributed by atoms with E-state index in [4.69, 9.17) is 0 Å². The number of hydrogen-bond acceptors (Lipinski definition) is 5. The Bertz CT molecular complexity index is 810. The lowest BCUT2D eigenvalue weighted by atomic mass is 9.89. The van der Waals surface area contributed by atoms with Crippen LogP contribution >= 0.6 is 0 Å². The molecule has 2 fully saturated rings. The van der Waals surface area contributed by atoms with Crippen LogP contribution in [0.4, 0.5) is 28.4 Å². The average molecular weight is 392 g/mol. The van der Waals surface area contributed by atoms with Crippen LogP contribution < -0.4 is 25.8 Å². The minimum Gasteiger partial charge on any atom is -0.367 e. The summed E-state index contributed by atoms with van der Waals surface area (Å²) in [5.41, 5.74) is 6.30. The van der Waals surface area contributed by atoms with Crippen molar-refractivity contribution in [2.45, 2.75) is 32.1 Å². The number of anilines is 5. The van der Waals surface area contributed by atoms with Crippen molar-refractivity contribution in [3.8, 4) is 0 Å². The molecule has 0 bridgehead atoms. The first kappa shape index (κ1) is 18.6. The monoisotopic (exact) mass is 391 g/mol. The van der Waals surface area contributed by atoms with Crippen LogP contribution in [0.3, 0.4) is 0 Å². The zero-order valence-corrected chi connectivity index (χ0v) is 17.3. The van der Waals surface area contributed by atoms with Gasteiger partial charge in [0.05, 0.1) is 29.4 Å². The van der Waals surface area contributed by atoms with E-state index >= 15 is 0 Å². The van der Waals surface area contributed by atoms with Crippen molar-refractivity contribution in [3.63, 3.8) is 0 Å². The van der Waals surface area contributed by atoms with E-state index in [0.717, 1.165) is 44.5 Å². The van der Waals surface area contributed by atoms with Crippen LogP contribution in [0.15, 0.2) is 42.5 Å². The second kappa shape index (κ2) is 8.54. The summed E-state index contributed by atoms with van der Waals surface area (Å²) in [6, 6.07) is 15.3. The Morgan fingerprint density at radius 1 is 0.931 bits per heavy atom. The Morgan fingerprint density at radius 3 is 2.52 bits per heavy atom. The molecule has 0 aromatic heterocycles. The Hall–Kier alpha value is -2.40. The van der Waals surface area contributed by atoms with Crippen molar-refractivity contribution in [2.24, 2.45) is 5.92 Å². The van der Waals surface area contributed by atoms with Gasteiger partial charge in [0.15, 0.2) is 0 Å². The zero-order chi connectivity index (χ0) is 19.5. The van der Waals surface area contributed by atoms with E-state index in [0.29, 0.717) is 0 Å². The van der Waals surface area contributed by atoms with Crippen LogP contribution in [-0.4, -0.2) is 39.4 Å². The predicted octanol–water partition coefficient (Wildman–Crippen LogP) is 4.61. The lowest BCUT2D eigenvalue weighted by molar-refractivity contribution is 0.360. The molecule has 2 aliphatic heterocycles. The highest BCUT2D eigenvalue weighted by Gasteiger charge is 2.26. The minimum absolute atomic E-state index is 0.848. The van der Waals surface area contributed by atoms with Crippen LogP contribution in [0.5, 0.6) is 0 Å². The highest BCUT2D eigenvalue weighted by molar-refractivity contribution is 5.89. The molecule has 5 heteroatoms. The first-order chi connectivity index (χ1) is 14.4. The summed E-state index contributed by atoms with van der Waals surface area (Å²) in [5.74, 6) is 0.848. The molecule has 5 rings (SSSR count). The molecule has 2 aromatic rings. The molecule has 0 radical (unpaired) electrons. The van der Waals surface area contributed by atoms with E-state index in [1.54, 1.807) is 0 Å². The summed E-state index contributed by atoms with van der Waals surface area (Å²) < 4.78 is 0. The molecule has 1 saturated heterocycles. The number of nitrogens with zero attached hydrogens (tertiary/aromatic N) is 2. The molecule has 0 amide bonds. The zero-order valence-electron chi connectivity index (χ0n) is 17.3. The Kier molecular flexibility index (Phi) is 5.48. The summed E-state index contributed by atoms with van der Waals surface area (Å²) in [6.07, 6.45) is 7.02. The highest BCUT2D eigenvalue weighted by Crippen LogP contribution is 2.42. The first-order valence-electron chi connectivity index (χ1n) is 11.3. The van der Waals surface area contributed by atoms with Gasteiger partial charge in [-0.05, 0) is 43.0 Å². The Balaban J connectivity index is 1.44. The van der Waals surface area contributed by atoms with E-state index in [-0.39, 0.29) is 0 Å². The quantitative estimate of drug-likeness (QED) is 0.695. The molecule has 0 spiro atoms. The van der Waals surface area contributed by atoms with Crippen molar-refractivity contribution in [1.29, 1.82) is 0 Å². The standard InChI is InChI=1S/C24H33N5/c1-3-7-19(8-4-1)17-29-18-26-21-15-22(27-20-9-5-2-6-10-20)24(16-23(21)29)28-13-11-25-12-14-28/h2,5-6,9-10,15-16,19,25-27H,1,3-4,7-8,11-14,17-18H2. The van der Waals surface area contributed by atoms with E-state index in [9.17, 15) is 0 Å². The Labute approximate surface area is 174 Å². The van der Waals surface area contributed by atoms with E-state index in [1.807, 2.05) is 0 Å². The van der Waals surface area contributed by atoms with Crippen molar-refractivity contribution >= 4 is 28.4 Å². The van der Waals surface area contributed by atoms with E-state index < -0.39 is 0 Å². The highest BCUT2D eigenvalue weighted by atomic mass is 15.3. The minimum atomic E-state index is 0.848. The molecule has 0 unspecified atom stereocenters. The third-order valence-electron chi connectivity index (χ3n) is 6.63. The summed E-state index contributed by atoms with van der Waals surface area (Å²) in [7, 11) is 0. The number of nitrogens with one attached hydrogen (secondary N) is 3. The van der Waals surface area contributed by atoms with Crippen molar-refractivity contribution < 1.29 is 0 Å². The molecule has 29 heavy (non-hydrogen) atoms. The fraction of sp³-hybridized carbons (Fsp3) is 0.500. The third-order valence-corrected chi connectivity index (χ3v) is 6.63. The third kappa shape index (κ3) is 4.15. The van der Waals surface area contributed by atoms with Gasteiger partial charge in [-0.25, -0.2) is 0 Å². The molecule has 154 valence electrons. The van der Waals surface area contributed by atoms with Gasteiger partial charge in [0.2, 0.25) is 0 Å². The second-order valence-electron chi connectivity index (χ2n) is 8.68. The fourth-order valence-electron chi connectivity index (χ4n) is 5.03. The van der Waals surface area contributed by atoms with Crippen molar-refractivity contribution in [2.75, 3.05) is 59.8 Å². The predicted molar refractivity (Wildman–Crippen MR) is 124 cm³/mol. The largest absolute Gasteiger partial charge is 0.367 e. The van der Waals surface area contributed by atoms with E-state index in [1.165, 1.54) is 61.4 Å². The molecule has 5 nitrogen and oxygen atoms in total. The maximum Gasteiger partial charge on any atom is 0.0877 e. The van der Waals surface area contributed by atoms with Gasteiger partial charge in [-0.2, -0.15) is 0 Å². The lowest BCUT2D eigenvalue weighted by Gasteiger charge is -2.33. The smallest absolute Gasteiger partial charge is 0.0877 e. The van der Waals surface area contributed by atoms with Gasteiger partial charge in [0, 0.05) is 38.4 Å². The molecular formula is C24H33N5. The van der Waals surface area contributed by atoms with E-state index in [2.05, 4.69) is 68.2 Å². The SMILES string of the molecule is c1ccc(Nc2cc3c(cc2N2CCNCC2)N(CC2CCCCC2)CN3)cc1. The van der Waals surface area contributed by atoms with Crippen LogP contribution in [-0.2, 0) is 0 Å². The molecular weight excluding hydrogens is 358 g/mol. The number of fused-ring (bicyclic) bond motifs is 1. The van der Waals surface area contributed by atoms with Crippen molar-refractivity contribution in [3.05, 3.63) is 42.5 Å². The van der Waals surface area contributed by atoms with Gasteiger partial charge < -0.3 is 25.8 Å². The molecule has 2 aromatic carbocycles. The molecule has 2 heterocycles. The lowest BCUT2D eigenvalue weighted by Crippen LogP contribution is -2.43. The topological polar surface area (TPSA) is 42.6 Å². The summed E-state index contributed by atoms with van der Waals surface area (Å²) in [4.78, 5) is 5.10. The Morgan fingerprint density at radius 2 is 1.72 bits per heavy atom. The number of benzene rings is 2. The molecule has 1 saturated carbocycles. The maximum atomic E-state index is 3.68. The van der Waals surface area contributed by atoms with Gasteiger partial charge >= 0.3 is 0 Å². The van der Waals surface area contributed by atoms with Crippen LogP contribution in [0.1, 0.15) is 32.1 Å². The van der Waals surface area contributed by atoms with Gasteiger partial charge in [0.25, 0.3) is 0 Å². The number of rotatable bonds is 5. The van der Waals surface area contributed by atoms with Crippen molar-refractivity contribution in [1.82, 2.24) is 5.32 Å². The maximum absolute atomic E-state index is 3.68. The average Bonchev–Trinajstić information content (AvgIpc) is 3.17. The van der Waals surface area contributed by atoms with Gasteiger partial charge in [-0.3, -0.25) is 0 Å². The molecule has 3 aliphatic rings. The summed E-state index contributed by atoms with van der Waals surface area (Å²) >= 11 is 0.